The van der Waals surface area contributed by atoms with Gasteiger partial charge in [-0.05, 0) is 25.5 Å². The van der Waals surface area contributed by atoms with Crippen molar-refractivity contribution in [2.45, 2.75) is 25.4 Å². The number of aryl methyl sites for hydroxylation is 1. The van der Waals surface area contributed by atoms with Crippen LogP contribution in [0.5, 0.6) is 0 Å². The third-order valence-corrected chi connectivity index (χ3v) is 1.78. The molecule has 0 spiro atoms. The van der Waals surface area contributed by atoms with E-state index < -0.39 is 6.17 Å². The average molecular weight is 183 g/mol. The van der Waals surface area contributed by atoms with Crippen LogP contribution in [0.4, 0.5) is 4.39 Å². The molecule has 1 atom stereocenters. The average Bonchev–Trinajstić information content (AvgIpc) is 2.17. The van der Waals surface area contributed by atoms with Crippen LogP contribution in [0.1, 0.15) is 18.7 Å². The van der Waals surface area contributed by atoms with Gasteiger partial charge in [0.15, 0.2) is 0 Å². The molecule has 0 fully saturated rings. The number of aromatic nitrogens is 2. The first-order chi connectivity index (χ1) is 6.33. The van der Waals surface area contributed by atoms with Crippen molar-refractivity contribution in [1.82, 2.24) is 9.97 Å². The monoisotopic (exact) mass is 183 g/mol. The van der Waals surface area contributed by atoms with Crippen molar-refractivity contribution in [2.75, 3.05) is 6.54 Å². The normalized spacial score (nSPS) is 12.8. The summed E-state index contributed by atoms with van der Waals surface area (Å²) in [4.78, 5) is 8.00. The van der Waals surface area contributed by atoms with Gasteiger partial charge in [-0.25, -0.2) is 14.4 Å². The lowest BCUT2D eigenvalue weighted by molar-refractivity contribution is 0.298. The molecule has 0 aliphatic carbocycles. The molecule has 0 aliphatic heterocycles. The van der Waals surface area contributed by atoms with Crippen molar-refractivity contribution in [3.63, 3.8) is 0 Å². The predicted molar refractivity (Wildman–Crippen MR) is 48.9 cm³/mol. The van der Waals surface area contributed by atoms with E-state index in [1.165, 1.54) is 0 Å². The highest BCUT2D eigenvalue weighted by Crippen LogP contribution is 2.05. The van der Waals surface area contributed by atoms with Crippen molar-refractivity contribution in [1.29, 1.82) is 0 Å². The van der Waals surface area contributed by atoms with Gasteiger partial charge in [0.1, 0.15) is 12.0 Å². The van der Waals surface area contributed by atoms with Crippen LogP contribution in [-0.2, 0) is 6.42 Å². The molecule has 0 saturated carbocycles. The molecule has 72 valence electrons. The Balaban J connectivity index is 2.27. The summed E-state index contributed by atoms with van der Waals surface area (Å²) in [6, 6.07) is 1.75. The minimum absolute atomic E-state index is 0.400. The van der Waals surface area contributed by atoms with Gasteiger partial charge in [0.25, 0.3) is 0 Å². The lowest BCUT2D eigenvalue weighted by Gasteiger charge is -2.04. The molecule has 3 nitrogen and oxygen atoms in total. The lowest BCUT2D eigenvalue weighted by Crippen LogP contribution is -2.10. The second kappa shape index (κ2) is 5.59. The maximum atomic E-state index is 13.0. The second-order valence-electron chi connectivity index (χ2n) is 2.88. The molecular formula is C9H14FN3. The summed E-state index contributed by atoms with van der Waals surface area (Å²) in [5.74, 6) is 0.696. The van der Waals surface area contributed by atoms with E-state index in [1.54, 1.807) is 18.5 Å². The van der Waals surface area contributed by atoms with Gasteiger partial charge in [-0.3, -0.25) is 0 Å². The molecule has 0 unspecified atom stereocenters. The summed E-state index contributed by atoms with van der Waals surface area (Å²) in [7, 11) is 0. The molecule has 0 aromatic carbocycles. The second-order valence-corrected chi connectivity index (χ2v) is 2.88. The van der Waals surface area contributed by atoms with Crippen molar-refractivity contribution >= 4 is 0 Å². The minimum atomic E-state index is -0.825. The summed E-state index contributed by atoms with van der Waals surface area (Å²) < 4.78 is 13.0. The Bertz CT molecular complexity index is 228. The Labute approximate surface area is 77.2 Å². The molecule has 0 bridgehead atoms. The molecule has 4 heteroatoms. The highest BCUT2D eigenvalue weighted by Gasteiger charge is 2.05. The standard InChI is InChI=1S/C9H14FN3/c10-8(4-5-11)2-3-9-12-6-1-7-13-9/h1,6-8H,2-5,11H2/t8-/m0/s1. The summed E-state index contributed by atoms with van der Waals surface area (Å²) in [6.07, 6.45) is 3.97. The van der Waals surface area contributed by atoms with E-state index in [4.69, 9.17) is 5.73 Å². The zero-order chi connectivity index (χ0) is 9.52. The molecule has 0 amide bonds. The van der Waals surface area contributed by atoms with E-state index in [1.807, 2.05) is 0 Å². The first kappa shape index (κ1) is 10.1. The van der Waals surface area contributed by atoms with Gasteiger partial charge in [0, 0.05) is 18.8 Å². The van der Waals surface area contributed by atoms with Gasteiger partial charge in [-0.2, -0.15) is 0 Å². The Morgan fingerprint density at radius 1 is 1.31 bits per heavy atom. The molecule has 1 aromatic heterocycles. The fraction of sp³-hybridized carbons (Fsp3) is 0.556. The maximum Gasteiger partial charge on any atom is 0.128 e. The molecule has 0 radical (unpaired) electrons. The molecule has 2 N–H and O–H groups in total. The van der Waals surface area contributed by atoms with E-state index in [-0.39, 0.29) is 0 Å². The predicted octanol–water partition coefficient (Wildman–Crippen LogP) is 1.10. The Hall–Kier alpha value is -1.03. The third-order valence-electron chi connectivity index (χ3n) is 1.78. The van der Waals surface area contributed by atoms with Crippen molar-refractivity contribution < 1.29 is 4.39 Å². The van der Waals surface area contributed by atoms with Crippen LogP contribution >= 0.6 is 0 Å². The maximum absolute atomic E-state index is 13.0. The fourth-order valence-electron chi connectivity index (χ4n) is 1.07. The van der Waals surface area contributed by atoms with Gasteiger partial charge >= 0.3 is 0 Å². The summed E-state index contributed by atoms with van der Waals surface area (Å²) in [5, 5.41) is 0. The summed E-state index contributed by atoms with van der Waals surface area (Å²) in [5.41, 5.74) is 5.23. The number of nitrogens with zero attached hydrogens (tertiary/aromatic N) is 2. The first-order valence-corrected chi connectivity index (χ1v) is 4.43. The van der Waals surface area contributed by atoms with Gasteiger partial charge < -0.3 is 5.73 Å². The van der Waals surface area contributed by atoms with Gasteiger partial charge in [0.05, 0.1) is 0 Å². The van der Waals surface area contributed by atoms with Crippen molar-refractivity contribution in [2.24, 2.45) is 5.73 Å². The molecular weight excluding hydrogens is 169 g/mol. The minimum Gasteiger partial charge on any atom is -0.330 e. The Morgan fingerprint density at radius 3 is 2.62 bits per heavy atom. The third kappa shape index (κ3) is 3.94. The molecule has 0 aliphatic rings. The highest BCUT2D eigenvalue weighted by molar-refractivity contribution is 4.88. The van der Waals surface area contributed by atoms with E-state index in [2.05, 4.69) is 9.97 Å². The van der Waals surface area contributed by atoms with Crippen LogP contribution < -0.4 is 5.73 Å². The van der Waals surface area contributed by atoms with Crippen LogP contribution in [0.3, 0.4) is 0 Å². The fourth-order valence-corrected chi connectivity index (χ4v) is 1.07. The highest BCUT2D eigenvalue weighted by atomic mass is 19.1. The largest absolute Gasteiger partial charge is 0.330 e. The zero-order valence-electron chi connectivity index (χ0n) is 7.49. The molecule has 13 heavy (non-hydrogen) atoms. The lowest BCUT2D eigenvalue weighted by atomic mass is 10.1. The number of nitrogens with two attached hydrogens (primary N) is 1. The van der Waals surface area contributed by atoms with Crippen LogP contribution in [0.15, 0.2) is 18.5 Å². The number of halogens is 1. The topological polar surface area (TPSA) is 51.8 Å². The van der Waals surface area contributed by atoms with E-state index >= 15 is 0 Å². The van der Waals surface area contributed by atoms with E-state index in [0.29, 0.717) is 31.6 Å². The van der Waals surface area contributed by atoms with E-state index in [0.717, 1.165) is 0 Å². The molecule has 1 aromatic rings. The smallest absolute Gasteiger partial charge is 0.128 e. The van der Waals surface area contributed by atoms with Crippen molar-refractivity contribution in [3.8, 4) is 0 Å². The number of hydrogen-bond acceptors (Lipinski definition) is 3. The zero-order valence-corrected chi connectivity index (χ0v) is 7.49. The van der Waals surface area contributed by atoms with Gasteiger partial charge in [0.2, 0.25) is 0 Å². The number of alkyl halides is 1. The van der Waals surface area contributed by atoms with Crippen LogP contribution in [0, 0.1) is 0 Å². The molecule has 0 saturated heterocycles. The molecule has 1 rings (SSSR count). The Kier molecular flexibility index (Phi) is 4.32. The Morgan fingerprint density at radius 2 is 2.00 bits per heavy atom. The quantitative estimate of drug-likeness (QED) is 0.743. The number of hydrogen-bond donors (Lipinski definition) is 1. The van der Waals surface area contributed by atoms with Crippen molar-refractivity contribution in [3.05, 3.63) is 24.3 Å². The first-order valence-electron chi connectivity index (χ1n) is 4.43. The van der Waals surface area contributed by atoms with Gasteiger partial charge in [-0.1, -0.05) is 0 Å². The van der Waals surface area contributed by atoms with E-state index in [9.17, 15) is 4.39 Å². The van der Waals surface area contributed by atoms with Crippen LogP contribution in [0.2, 0.25) is 0 Å². The summed E-state index contributed by atoms with van der Waals surface area (Å²) in [6.45, 7) is 0.400. The van der Waals surface area contributed by atoms with Gasteiger partial charge in [-0.15, -0.1) is 0 Å². The SMILES string of the molecule is NCC[C@@H](F)CCc1ncccn1. The number of rotatable bonds is 5. The van der Waals surface area contributed by atoms with Crippen LogP contribution in [-0.4, -0.2) is 22.7 Å². The summed E-state index contributed by atoms with van der Waals surface area (Å²) >= 11 is 0. The molecule has 1 heterocycles. The van der Waals surface area contributed by atoms with Crippen LogP contribution in [0.25, 0.3) is 0 Å².